The Labute approximate surface area is 110 Å². The molecule has 0 aliphatic carbocycles. The molecule has 2 aromatic rings. The van der Waals surface area contributed by atoms with Crippen molar-refractivity contribution in [2.75, 3.05) is 5.32 Å². The number of carbonyl (C=O) groups is 1. The van der Waals surface area contributed by atoms with E-state index in [4.69, 9.17) is 0 Å². The molecule has 0 aliphatic rings. The second-order valence-electron chi connectivity index (χ2n) is 4.06. The first-order valence-corrected chi connectivity index (χ1v) is 5.80. The van der Waals surface area contributed by atoms with Gasteiger partial charge >= 0.3 is 0 Å². The first-order valence-electron chi connectivity index (χ1n) is 5.80. The van der Waals surface area contributed by atoms with Gasteiger partial charge in [-0.05, 0) is 42.3 Å². The number of nitrogens with one attached hydrogen (secondary N) is 1. The van der Waals surface area contributed by atoms with Gasteiger partial charge in [0, 0.05) is 12.3 Å². The first-order chi connectivity index (χ1) is 9.15. The largest absolute Gasteiger partial charge is 0.321 e. The fourth-order valence-electron chi connectivity index (χ4n) is 1.52. The predicted molar refractivity (Wildman–Crippen MR) is 73.0 cm³/mol. The third-order valence-corrected chi connectivity index (χ3v) is 2.59. The van der Waals surface area contributed by atoms with Crippen molar-refractivity contribution in [1.29, 1.82) is 0 Å². The van der Waals surface area contributed by atoms with Crippen LogP contribution in [0.4, 0.5) is 10.1 Å². The Morgan fingerprint density at radius 3 is 2.68 bits per heavy atom. The SMILES string of the molecule is Cc1ccncc1NC(=O)C=Cc1ccc(F)cc1. The summed E-state index contributed by atoms with van der Waals surface area (Å²) in [5, 5.41) is 2.73. The Hall–Kier alpha value is -2.49. The van der Waals surface area contributed by atoms with Crippen LogP contribution in [-0.2, 0) is 4.79 Å². The molecular formula is C15H13FN2O. The molecule has 1 amide bonds. The molecule has 0 saturated carbocycles. The van der Waals surface area contributed by atoms with Gasteiger partial charge in [-0.1, -0.05) is 12.1 Å². The van der Waals surface area contributed by atoms with E-state index in [0.29, 0.717) is 5.69 Å². The van der Waals surface area contributed by atoms with E-state index >= 15 is 0 Å². The number of aromatic nitrogens is 1. The normalized spacial score (nSPS) is 10.6. The van der Waals surface area contributed by atoms with Crippen LogP contribution in [0.5, 0.6) is 0 Å². The van der Waals surface area contributed by atoms with E-state index in [1.807, 2.05) is 13.0 Å². The summed E-state index contributed by atoms with van der Waals surface area (Å²) in [5.74, 6) is -0.548. The lowest BCUT2D eigenvalue weighted by Crippen LogP contribution is -2.09. The van der Waals surface area contributed by atoms with E-state index in [1.165, 1.54) is 18.2 Å². The average molecular weight is 256 g/mol. The predicted octanol–water partition coefficient (Wildman–Crippen LogP) is 3.18. The molecular weight excluding hydrogens is 243 g/mol. The number of pyridine rings is 1. The zero-order valence-corrected chi connectivity index (χ0v) is 10.4. The zero-order valence-electron chi connectivity index (χ0n) is 10.4. The Morgan fingerprint density at radius 1 is 1.26 bits per heavy atom. The highest BCUT2D eigenvalue weighted by atomic mass is 19.1. The van der Waals surface area contributed by atoms with Crippen molar-refractivity contribution < 1.29 is 9.18 Å². The van der Waals surface area contributed by atoms with Gasteiger partial charge in [0.15, 0.2) is 0 Å². The lowest BCUT2D eigenvalue weighted by molar-refractivity contribution is -0.111. The molecule has 0 aliphatic heterocycles. The number of carbonyl (C=O) groups excluding carboxylic acids is 1. The van der Waals surface area contributed by atoms with Crippen molar-refractivity contribution in [3.63, 3.8) is 0 Å². The summed E-state index contributed by atoms with van der Waals surface area (Å²) in [6, 6.07) is 7.73. The number of anilines is 1. The van der Waals surface area contributed by atoms with E-state index < -0.39 is 0 Å². The van der Waals surface area contributed by atoms with Crippen LogP contribution in [0.15, 0.2) is 48.8 Å². The van der Waals surface area contributed by atoms with Crippen molar-refractivity contribution in [3.05, 3.63) is 65.7 Å². The summed E-state index contributed by atoms with van der Waals surface area (Å²) in [6.45, 7) is 1.89. The number of benzene rings is 1. The standard InChI is InChI=1S/C15H13FN2O/c1-11-8-9-17-10-14(11)18-15(19)7-4-12-2-5-13(16)6-3-12/h2-10H,1H3,(H,18,19). The topological polar surface area (TPSA) is 42.0 Å². The Bertz CT molecular complexity index is 606. The smallest absolute Gasteiger partial charge is 0.248 e. The first kappa shape index (κ1) is 13.0. The van der Waals surface area contributed by atoms with Crippen molar-refractivity contribution in [2.24, 2.45) is 0 Å². The van der Waals surface area contributed by atoms with Crippen LogP contribution in [0.25, 0.3) is 6.08 Å². The number of hydrogen-bond donors (Lipinski definition) is 1. The van der Waals surface area contributed by atoms with E-state index in [1.54, 1.807) is 30.6 Å². The van der Waals surface area contributed by atoms with Gasteiger partial charge in [0.05, 0.1) is 11.9 Å². The van der Waals surface area contributed by atoms with Crippen LogP contribution in [0, 0.1) is 12.7 Å². The molecule has 1 heterocycles. The third-order valence-electron chi connectivity index (χ3n) is 2.59. The van der Waals surface area contributed by atoms with Crippen LogP contribution in [0.3, 0.4) is 0 Å². The molecule has 0 saturated heterocycles. The third kappa shape index (κ3) is 3.74. The van der Waals surface area contributed by atoms with Gasteiger partial charge in [-0.2, -0.15) is 0 Å². The minimum Gasteiger partial charge on any atom is -0.321 e. The Kier molecular flexibility index (Phi) is 4.03. The second-order valence-corrected chi connectivity index (χ2v) is 4.06. The van der Waals surface area contributed by atoms with Crippen LogP contribution in [0.1, 0.15) is 11.1 Å². The van der Waals surface area contributed by atoms with Crippen LogP contribution in [-0.4, -0.2) is 10.9 Å². The summed E-state index contributed by atoms with van der Waals surface area (Å²) in [4.78, 5) is 15.7. The van der Waals surface area contributed by atoms with Gasteiger partial charge in [-0.15, -0.1) is 0 Å². The maximum Gasteiger partial charge on any atom is 0.248 e. The van der Waals surface area contributed by atoms with Gasteiger partial charge in [0.1, 0.15) is 5.82 Å². The summed E-state index contributed by atoms with van der Waals surface area (Å²) in [7, 11) is 0. The number of amides is 1. The summed E-state index contributed by atoms with van der Waals surface area (Å²) in [6.07, 6.45) is 6.29. The average Bonchev–Trinajstić information content (AvgIpc) is 2.41. The van der Waals surface area contributed by atoms with Crippen molar-refractivity contribution >= 4 is 17.7 Å². The molecule has 0 bridgehead atoms. The quantitative estimate of drug-likeness (QED) is 0.857. The molecule has 19 heavy (non-hydrogen) atoms. The number of halogens is 1. The highest BCUT2D eigenvalue weighted by Gasteiger charge is 2.00. The molecule has 1 aromatic carbocycles. The maximum absolute atomic E-state index is 12.7. The van der Waals surface area contributed by atoms with Crippen LogP contribution >= 0.6 is 0 Å². The highest BCUT2D eigenvalue weighted by molar-refractivity contribution is 6.02. The lowest BCUT2D eigenvalue weighted by atomic mass is 10.2. The van der Waals surface area contributed by atoms with E-state index in [9.17, 15) is 9.18 Å². The number of aryl methyl sites for hydroxylation is 1. The number of rotatable bonds is 3. The van der Waals surface area contributed by atoms with Gasteiger partial charge in [-0.25, -0.2) is 4.39 Å². The maximum atomic E-state index is 12.7. The molecule has 1 N–H and O–H groups in total. The molecule has 0 unspecified atom stereocenters. The van der Waals surface area contributed by atoms with E-state index in [-0.39, 0.29) is 11.7 Å². The van der Waals surface area contributed by atoms with E-state index in [0.717, 1.165) is 11.1 Å². The summed E-state index contributed by atoms with van der Waals surface area (Å²) >= 11 is 0. The number of nitrogens with zero attached hydrogens (tertiary/aromatic N) is 1. The minimum absolute atomic E-state index is 0.250. The molecule has 0 atom stereocenters. The molecule has 0 fully saturated rings. The number of hydrogen-bond acceptors (Lipinski definition) is 2. The highest BCUT2D eigenvalue weighted by Crippen LogP contribution is 2.11. The van der Waals surface area contributed by atoms with Gasteiger partial charge in [0.25, 0.3) is 0 Å². The summed E-state index contributed by atoms with van der Waals surface area (Å²) in [5.41, 5.74) is 2.38. The van der Waals surface area contributed by atoms with Gasteiger partial charge in [0.2, 0.25) is 5.91 Å². The zero-order chi connectivity index (χ0) is 13.7. The fraction of sp³-hybridized carbons (Fsp3) is 0.0667. The fourth-order valence-corrected chi connectivity index (χ4v) is 1.52. The molecule has 1 aromatic heterocycles. The van der Waals surface area contributed by atoms with Crippen molar-refractivity contribution in [2.45, 2.75) is 6.92 Å². The monoisotopic (exact) mass is 256 g/mol. The van der Waals surface area contributed by atoms with Crippen molar-refractivity contribution in [3.8, 4) is 0 Å². The molecule has 0 spiro atoms. The Morgan fingerprint density at radius 2 is 2.00 bits per heavy atom. The molecule has 2 rings (SSSR count). The molecule has 0 radical (unpaired) electrons. The summed E-state index contributed by atoms with van der Waals surface area (Å²) < 4.78 is 12.7. The molecule has 4 heteroatoms. The van der Waals surface area contributed by atoms with Crippen molar-refractivity contribution in [1.82, 2.24) is 4.98 Å². The van der Waals surface area contributed by atoms with E-state index in [2.05, 4.69) is 10.3 Å². The minimum atomic E-state index is -0.299. The molecule has 96 valence electrons. The van der Waals surface area contributed by atoms with Gasteiger partial charge < -0.3 is 5.32 Å². The second kappa shape index (κ2) is 5.91. The van der Waals surface area contributed by atoms with Crippen LogP contribution < -0.4 is 5.32 Å². The lowest BCUT2D eigenvalue weighted by Gasteiger charge is -2.04. The van der Waals surface area contributed by atoms with Gasteiger partial charge in [-0.3, -0.25) is 9.78 Å². The Balaban J connectivity index is 2.02. The van der Waals surface area contributed by atoms with Crippen LogP contribution in [0.2, 0.25) is 0 Å². The molecule has 3 nitrogen and oxygen atoms in total.